The number of rotatable bonds is 2. The van der Waals surface area contributed by atoms with Crippen LogP contribution in [0.2, 0.25) is 5.02 Å². The lowest BCUT2D eigenvalue weighted by molar-refractivity contribution is 0.590. The van der Waals surface area contributed by atoms with Crippen LogP contribution in [0.3, 0.4) is 0 Å². The molecule has 0 saturated carbocycles. The van der Waals surface area contributed by atoms with Gasteiger partial charge in [0.15, 0.2) is 5.82 Å². The van der Waals surface area contributed by atoms with Crippen molar-refractivity contribution in [1.82, 2.24) is 9.55 Å². The van der Waals surface area contributed by atoms with Crippen molar-refractivity contribution in [2.24, 2.45) is 0 Å². The molecule has 0 aliphatic heterocycles. The molecule has 0 aliphatic rings. The molecule has 3 aromatic rings. The van der Waals surface area contributed by atoms with E-state index < -0.39 is 11.6 Å². The molecule has 1 heterocycles. The van der Waals surface area contributed by atoms with E-state index in [1.165, 1.54) is 6.07 Å². The first-order valence-corrected chi connectivity index (χ1v) is 7.88. The van der Waals surface area contributed by atoms with Gasteiger partial charge in [0.05, 0.1) is 17.1 Å². The van der Waals surface area contributed by atoms with E-state index >= 15 is 0 Å². The van der Waals surface area contributed by atoms with Gasteiger partial charge in [0.2, 0.25) is 0 Å². The summed E-state index contributed by atoms with van der Waals surface area (Å²) in [5.41, 5.74) is 1.16. The van der Waals surface area contributed by atoms with Crippen LogP contribution in [-0.4, -0.2) is 9.55 Å². The monoisotopic (exact) mass is 438 g/mol. The van der Waals surface area contributed by atoms with Gasteiger partial charge in [-0.1, -0.05) is 11.6 Å². The van der Waals surface area contributed by atoms with Gasteiger partial charge in [-0.05, 0) is 40.8 Å². The van der Waals surface area contributed by atoms with Gasteiger partial charge in [-0.15, -0.1) is 11.6 Å². The molecule has 0 bridgehead atoms. The zero-order valence-electron chi connectivity index (χ0n) is 10.4. The summed E-state index contributed by atoms with van der Waals surface area (Å²) in [5.74, 6) is -0.851. The number of hydrogen-bond donors (Lipinski definition) is 0. The highest BCUT2D eigenvalue weighted by Gasteiger charge is 2.17. The van der Waals surface area contributed by atoms with Crippen molar-refractivity contribution in [2.75, 3.05) is 0 Å². The van der Waals surface area contributed by atoms with E-state index in [4.69, 9.17) is 23.2 Å². The predicted molar refractivity (Wildman–Crippen MR) is 88.3 cm³/mol. The largest absolute Gasteiger partial charge is 0.294 e. The van der Waals surface area contributed by atoms with Crippen LogP contribution in [0.5, 0.6) is 0 Å². The maximum atomic E-state index is 13.9. The maximum Gasteiger partial charge on any atom is 0.153 e. The quantitative estimate of drug-likeness (QED) is 0.392. The summed E-state index contributed by atoms with van der Waals surface area (Å²) in [6.07, 6.45) is 0. The van der Waals surface area contributed by atoms with Crippen LogP contribution in [-0.2, 0) is 5.88 Å². The molecule has 0 fully saturated rings. The van der Waals surface area contributed by atoms with E-state index in [2.05, 4.69) is 27.6 Å². The first-order valence-electron chi connectivity index (χ1n) is 5.89. The third-order valence-electron chi connectivity index (χ3n) is 3.02. The highest BCUT2D eigenvalue weighted by atomic mass is 127. The Bertz CT molecular complexity index is 849. The molecule has 108 valence electrons. The van der Waals surface area contributed by atoms with Crippen molar-refractivity contribution in [2.45, 2.75) is 5.88 Å². The first kappa shape index (κ1) is 15.0. The van der Waals surface area contributed by atoms with E-state index in [1.807, 2.05) is 0 Å². The summed E-state index contributed by atoms with van der Waals surface area (Å²) >= 11 is 14.0. The fraction of sp³-hybridized carbons (Fsp3) is 0.0714. The number of imidazole rings is 1. The molecule has 2 aromatic carbocycles. The fourth-order valence-corrected chi connectivity index (χ4v) is 3.46. The van der Waals surface area contributed by atoms with Crippen molar-refractivity contribution in [3.8, 4) is 5.69 Å². The van der Waals surface area contributed by atoms with Gasteiger partial charge in [-0.25, -0.2) is 13.8 Å². The molecule has 0 N–H and O–H groups in total. The predicted octanol–water partition coefficient (Wildman–Crippen LogP) is 5.30. The van der Waals surface area contributed by atoms with Crippen LogP contribution in [0.15, 0.2) is 30.3 Å². The molecule has 3 rings (SSSR count). The Balaban J connectivity index is 2.40. The highest BCUT2D eigenvalue weighted by Crippen LogP contribution is 2.29. The Morgan fingerprint density at radius 2 is 1.95 bits per heavy atom. The second kappa shape index (κ2) is 5.70. The summed E-state index contributed by atoms with van der Waals surface area (Å²) < 4.78 is 29.9. The minimum Gasteiger partial charge on any atom is -0.294 e. The molecule has 1 aromatic heterocycles. The molecular weight excluding hydrogens is 432 g/mol. The summed E-state index contributed by atoms with van der Waals surface area (Å²) in [6, 6.07) is 7.29. The number of aromatic nitrogens is 2. The van der Waals surface area contributed by atoms with Crippen molar-refractivity contribution >= 4 is 56.8 Å². The molecule has 0 unspecified atom stereocenters. The van der Waals surface area contributed by atoms with Crippen LogP contribution in [0.4, 0.5) is 8.78 Å². The Hall–Kier alpha value is -0.920. The zero-order chi connectivity index (χ0) is 15.1. The van der Waals surface area contributed by atoms with Gasteiger partial charge in [0, 0.05) is 20.7 Å². The van der Waals surface area contributed by atoms with E-state index in [0.717, 1.165) is 15.3 Å². The smallest absolute Gasteiger partial charge is 0.153 e. The maximum absolute atomic E-state index is 13.9. The number of nitrogens with zero attached hydrogens (tertiary/aromatic N) is 2. The molecule has 0 amide bonds. The van der Waals surface area contributed by atoms with Gasteiger partial charge in [0.1, 0.15) is 17.2 Å². The van der Waals surface area contributed by atoms with Gasteiger partial charge in [-0.2, -0.15) is 0 Å². The molecule has 2 nitrogen and oxygen atoms in total. The Labute approximate surface area is 142 Å². The SMILES string of the molecule is Fc1cc(F)c2nc(CCl)n(-c3ccc(Cl)cc3I)c2c1. The third kappa shape index (κ3) is 2.62. The van der Waals surface area contributed by atoms with Crippen molar-refractivity contribution < 1.29 is 8.78 Å². The van der Waals surface area contributed by atoms with Gasteiger partial charge in [0.25, 0.3) is 0 Å². The average molecular weight is 439 g/mol. The molecule has 0 spiro atoms. The van der Waals surface area contributed by atoms with Gasteiger partial charge in [-0.3, -0.25) is 4.57 Å². The topological polar surface area (TPSA) is 17.8 Å². The Kier molecular flexibility index (Phi) is 4.07. The standard InChI is InChI=1S/C14H7Cl2F2IN2/c15-6-13-20-14-9(18)4-8(17)5-12(14)21(13)11-2-1-7(16)3-10(11)19/h1-5H,6H2. The summed E-state index contributed by atoms with van der Waals surface area (Å²) in [4.78, 5) is 4.16. The number of halogens is 5. The third-order valence-corrected chi connectivity index (χ3v) is 4.36. The molecule has 0 saturated heterocycles. The Morgan fingerprint density at radius 3 is 2.62 bits per heavy atom. The summed E-state index contributed by atoms with van der Waals surface area (Å²) in [6.45, 7) is 0. The minimum absolute atomic E-state index is 0.0778. The number of benzene rings is 2. The van der Waals surface area contributed by atoms with Crippen LogP contribution in [0, 0.1) is 15.2 Å². The Morgan fingerprint density at radius 1 is 1.19 bits per heavy atom. The van der Waals surface area contributed by atoms with Crippen molar-refractivity contribution in [3.63, 3.8) is 0 Å². The van der Waals surface area contributed by atoms with Gasteiger partial charge < -0.3 is 0 Å². The fourth-order valence-electron chi connectivity index (χ4n) is 2.17. The first-order chi connectivity index (χ1) is 10.0. The van der Waals surface area contributed by atoms with Crippen LogP contribution in [0.25, 0.3) is 16.7 Å². The van der Waals surface area contributed by atoms with E-state index in [1.54, 1.807) is 22.8 Å². The summed E-state index contributed by atoms with van der Waals surface area (Å²) in [7, 11) is 0. The zero-order valence-corrected chi connectivity index (χ0v) is 14.0. The molecule has 0 aliphatic carbocycles. The number of alkyl halides is 1. The summed E-state index contributed by atoms with van der Waals surface area (Å²) in [5, 5.41) is 0.581. The highest BCUT2D eigenvalue weighted by molar-refractivity contribution is 14.1. The van der Waals surface area contributed by atoms with Gasteiger partial charge >= 0.3 is 0 Å². The van der Waals surface area contributed by atoms with Crippen LogP contribution < -0.4 is 0 Å². The van der Waals surface area contributed by atoms with Crippen LogP contribution >= 0.6 is 45.8 Å². The number of fused-ring (bicyclic) bond motifs is 1. The minimum atomic E-state index is -0.709. The van der Waals surface area contributed by atoms with Crippen molar-refractivity contribution in [1.29, 1.82) is 0 Å². The van der Waals surface area contributed by atoms with E-state index in [0.29, 0.717) is 16.4 Å². The molecule has 0 atom stereocenters. The average Bonchev–Trinajstić information content (AvgIpc) is 2.77. The second-order valence-corrected chi connectivity index (χ2v) is 6.21. The normalized spacial score (nSPS) is 11.3. The number of hydrogen-bond acceptors (Lipinski definition) is 1. The van der Waals surface area contributed by atoms with E-state index in [9.17, 15) is 8.78 Å². The lowest BCUT2D eigenvalue weighted by Gasteiger charge is -2.10. The lowest BCUT2D eigenvalue weighted by Crippen LogP contribution is -2.01. The molecule has 21 heavy (non-hydrogen) atoms. The van der Waals surface area contributed by atoms with Crippen molar-refractivity contribution in [3.05, 3.63) is 56.4 Å². The lowest BCUT2D eigenvalue weighted by atomic mass is 10.2. The van der Waals surface area contributed by atoms with E-state index in [-0.39, 0.29) is 11.4 Å². The second-order valence-electron chi connectivity index (χ2n) is 4.35. The molecule has 0 radical (unpaired) electrons. The molecular formula is C14H7Cl2F2IN2. The molecule has 7 heteroatoms. The van der Waals surface area contributed by atoms with Crippen LogP contribution in [0.1, 0.15) is 5.82 Å².